The van der Waals surface area contributed by atoms with Gasteiger partial charge in [-0.05, 0) is 6.42 Å². The van der Waals surface area contributed by atoms with Crippen molar-refractivity contribution in [2.75, 3.05) is 0 Å². The van der Waals surface area contributed by atoms with Gasteiger partial charge in [0.1, 0.15) is 6.29 Å². The molecule has 0 spiro atoms. The quantitative estimate of drug-likeness (QED) is 0.528. The van der Waals surface area contributed by atoms with Crippen LogP contribution in [-0.2, 0) is 30.6 Å². The van der Waals surface area contributed by atoms with Crippen molar-refractivity contribution >= 4 is 6.29 Å². The largest absolute Gasteiger partial charge is 0.303 e. The molecule has 0 aromatic heterocycles. The fraction of sp³-hybridized carbons (Fsp3) is 0.750. The average Bonchev–Trinajstić information content (AvgIpc) is 1.41. The van der Waals surface area contributed by atoms with Crippen LogP contribution in [0.15, 0.2) is 0 Å². The summed E-state index contributed by atoms with van der Waals surface area (Å²) in [6.45, 7) is 1.98. The molecule has 0 unspecified atom stereocenters. The van der Waals surface area contributed by atoms with Crippen molar-refractivity contribution in [3.63, 3.8) is 0 Å². The van der Waals surface area contributed by atoms with Crippen molar-refractivity contribution in [3.8, 4) is 0 Å². The second kappa shape index (κ2) is 9.11. The maximum Gasteiger partial charge on any atom is 0.119 e. The smallest absolute Gasteiger partial charge is 0.119 e. The predicted molar refractivity (Wildman–Crippen MR) is 21.0 cm³/mol. The van der Waals surface area contributed by atoms with Gasteiger partial charge in [-0.1, -0.05) is 6.92 Å². The Balaban J connectivity index is 0. The first kappa shape index (κ1) is 9.74. The zero-order valence-corrected chi connectivity index (χ0v) is 7.49. The van der Waals surface area contributed by atoms with Crippen molar-refractivity contribution in [2.24, 2.45) is 0 Å². The molecule has 0 amide bonds. The molecule has 0 aromatic carbocycles. The summed E-state index contributed by atoms with van der Waals surface area (Å²) in [6.07, 6.45) is 2.61. The first-order valence-corrected chi connectivity index (χ1v) is 1.85. The Morgan fingerprint density at radius 1 is 1.67 bits per heavy atom. The van der Waals surface area contributed by atoms with Crippen LogP contribution in [-0.4, -0.2) is 6.29 Å². The molecule has 0 fully saturated rings. The minimum absolute atomic E-state index is 0. The summed E-state index contributed by atoms with van der Waals surface area (Å²) in [7, 11) is 0. The Hall–Kier alpha value is 0.540. The summed E-state index contributed by atoms with van der Waals surface area (Å²) in [4.78, 5) is 9.40. The molecule has 0 aromatic rings. The van der Waals surface area contributed by atoms with E-state index in [1.807, 2.05) is 6.92 Å². The van der Waals surface area contributed by atoms with E-state index in [9.17, 15) is 4.79 Å². The molecular weight excluding hydrogens is 243 g/mol. The van der Waals surface area contributed by atoms with Gasteiger partial charge in [0.15, 0.2) is 0 Å². The molecule has 0 heterocycles. The molecule has 0 N–H and O–H groups in total. The summed E-state index contributed by atoms with van der Waals surface area (Å²) in [5.74, 6) is 0. The third-order valence-electron chi connectivity index (χ3n) is 0.407. The van der Waals surface area contributed by atoms with E-state index in [2.05, 4.69) is 0 Å². The Kier molecular flexibility index (Phi) is 14.8. The van der Waals surface area contributed by atoms with Gasteiger partial charge < -0.3 is 4.79 Å². The fourth-order valence-corrected chi connectivity index (χ4v) is 0.118. The monoisotopic (exact) mass is 252 g/mol. The SMILES string of the molecule is CCCC=O.[Hf]. The van der Waals surface area contributed by atoms with Crippen molar-refractivity contribution in [2.45, 2.75) is 19.8 Å². The Morgan fingerprint density at radius 3 is 2.17 bits per heavy atom. The second-order valence-electron chi connectivity index (χ2n) is 0.955. The molecule has 6 heavy (non-hydrogen) atoms. The third-order valence-corrected chi connectivity index (χ3v) is 0.407. The van der Waals surface area contributed by atoms with Gasteiger partial charge >= 0.3 is 0 Å². The van der Waals surface area contributed by atoms with E-state index in [-0.39, 0.29) is 25.8 Å². The molecule has 0 bridgehead atoms. The van der Waals surface area contributed by atoms with Crippen LogP contribution in [0.25, 0.3) is 0 Å². The molecule has 34 valence electrons. The van der Waals surface area contributed by atoms with Gasteiger partial charge in [-0.2, -0.15) is 0 Å². The van der Waals surface area contributed by atoms with Crippen LogP contribution in [0.1, 0.15) is 19.8 Å². The minimum Gasteiger partial charge on any atom is -0.303 e. The van der Waals surface area contributed by atoms with E-state index < -0.39 is 0 Å². The standard InChI is InChI=1S/C4H8O.Hf/c1-2-3-4-5;/h4H,2-3H2,1H3;. The molecule has 1 nitrogen and oxygen atoms in total. The Labute approximate surface area is 56.9 Å². The summed E-state index contributed by atoms with van der Waals surface area (Å²) >= 11 is 0. The fourth-order valence-electron chi connectivity index (χ4n) is 0.118. The first-order chi connectivity index (χ1) is 2.41. The molecule has 0 saturated heterocycles. The molecule has 0 aliphatic rings. The zero-order chi connectivity index (χ0) is 4.12. The van der Waals surface area contributed by atoms with Crippen LogP contribution in [0, 0.1) is 0 Å². The van der Waals surface area contributed by atoms with Gasteiger partial charge in [-0.15, -0.1) is 0 Å². The molecule has 2 heteroatoms. The van der Waals surface area contributed by atoms with Crippen LogP contribution in [0.3, 0.4) is 0 Å². The topological polar surface area (TPSA) is 17.1 Å². The zero-order valence-electron chi connectivity index (χ0n) is 3.90. The molecule has 0 aliphatic carbocycles. The van der Waals surface area contributed by atoms with E-state index >= 15 is 0 Å². The summed E-state index contributed by atoms with van der Waals surface area (Å²) in [6, 6.07) is 0. The van der Waals surface area contributed by atoms with Crippen LogP contribution < -0.4 is 0 Å². The van der Waals surface area contributed by atoms with E-state index in [1.54, 1.807) is 0 Å². The van der Waals surface area contributed by atoms with Crippen LogP contribution >= 0.6 is 0 Å². The number of carbonyl (C=O) groups excluding carboxylic acids is 1. The summed E-state index contributed by atoms with van der Waals surface area (Å²) in [5, 5.41) is 0. The van der Waals surface area contributed by atoms with Gasteiger partial charge in [0.2, 0.25) is 0 Å². The maximum absolute atomic E-state index is 9.40. The van der Waals surface area contributed by atoms with Crippen molar-refractivity contribution in [1.29, 1.82) is 0 Å². The molecular formula is C4H8HfO. The number of rotatable bonds is 2. The number of aldehydes is 1. The van der Waals surface area contributed by atoms with Crippen molar-refractivity contribution in [3.05, 3.63) is 0 Å². The van der Waals surface area contributed by atoms with Gasteiger partial charge in [0, 0.05) is 32.3 Å². The molecule has 0 rings (SSSR count). The number of hydrogen-bond donors (Lipinski definition) is 0. The second-order valence-corrected chi connectivity index (χ2v) is 0.955. The molecule has 0 saturated carbocycles. The molecule has 0 aliphatic heterocycles. The Morgan fingerprint density at radius 2 is 2.17 bits per heavy atom. The van der Waals surface area contributed by atoms with Gasteiger partial charge in [-0.25, -0.2) is 0 Å². The van der Waals surface area contributed by atoms with Gasteiger partial charge in [0.25, 0.3) is 0 Å². The van der Waals surface area contributed by atoms with Crippen molar-refractivity contribution in [1.82, 2.24) is 0 Å². The van der Waals surface area contributed by atoms with E-state index in [0.29, 0.717) is 6.42 Å². The maximum atomic E-state index is 9.40. The first-order valence-electron chi connectivity index (χ1n) is 1.85. The molecule has 0 atom stereocenters. The van der Waals surface area contributed by atoms with E-state index in [1.165, 1.54) is 0 Å². The number of hydrogen-bond acceptors (Lipinski definition) is 1. The van der Waals surface area contributed by atoms with Crippen LogP contribution in [0.2, 0.25) is 0 Å². The minimum atomic E-state index is 0. The van der Waals surface area contributed by atoms with Gasteiger partial charge in [0.05, 0.1) is 0 Å². The van der Waals surface area contributed by atoms with Crippen LogP contribution in [0.5, 0.6) is 0 Å². The van der Waals surface area contributed by atoms with E-state index in [4.69, 9.17) is 0 Å². The van der Waals surface area contributed by atoms with Crippen molar-refractivity contribution < 1.29 is 30.6 Å². The average molecular weight is 251 g/mol. The third kappa shape index (κ3) is 8.82. The predicted octanol–water partition coefficient (Wildman–Crippen LogP) is 0.983. The normalized spacial score (nSPS) is 6.17. The summed E-state index contributed by atoms with van der Waals surface area (Å²) < 4.78 is 0. The van der Waals surface area contributed by atoms with E-state index in [0.717, 1.165) is 12.7 Å². The number of unbranched alkanes of at least 4 members (excludes halogenated alkanes) is 1. The van der Waals surface area contributed by atoms with Gasteiger partial charge in [-0.3, -0.25) is 0 Å². The van der Waals surface area contributed by atoms with Crippen LogP contribution in [0.4, 0.5) is 0 Å². The Bertz CT molecular complexity index is 28.7. The summed E-state index contributed by atoms with van der Waals surface area (Å²) in [5.41, 5.74) is 0. The number of carbonyl (C=O) groups is 1. The molecule has 0 radical (unpaired) electrons.